The van der Waals surface area contributed by atoms with E-state index in [-0.39, 0.29) is 5.54 Å². The summed E-state index contributed by atoms with van der Waals surface area (Å²) in [6.45, 7) is 4.68. The molecule has 3 rings (SSSR count). The quantitative estimate of drug-likeness (QED) is 0.914. The number of aromatic nitrogens is 2. The molecule has 2 aliphatic carbocycles. The summed E-state index contributed by atoms with van der Waals surface area (Å²) < 4.78 is 2.20. The minimum absolute atomic E-state index is 0.0358. The summed E-state index contributed by atoms with van der Waals surface area (Å²) in [6, 6.07) is 2.83. The van der Waals surface area contributed by atoms with Crippen LogP contribution in [0.2, 0.25) is 0 Å². The van der Waals surface area contributed by atoms with Gasteiger partial charge in [-0.15, -0.1) is 0 Å². The fraction of sp³-hybridized carbons (Fsp3) is 0.824. The van der Waals surface area contributed by atoms with Crippen LogP contribution in [0.25, 0.3) is 0 Å². The first-order valence-corrected chi connectivity index (χ1v) is 8.37. The van der Waals surface area contributed by atoms with Crippen LogP contribution in [0.1, 0.15) is 70.5 Å². The van der Waals surface area contributed by atoms with Crippen molar-refractivity contribution in [2.24, 2.45) is 17.6 Å². The first-order chi connectivity index (χ1) is 9.54. The second kappa shape index (κ2) is 5.51. The number of hydrogen-bond acceptors (Lipinski definition) is 2. The molecule has 1 aromatic heterocycles. The maximum absolute atomic E-state index is 6.69. The summed E-state index contributed by atoms with van der Waals surface area (Å²) in [4.78, 5) is 0. The lowest BCUT2D eigenvalue weighted by Gasteiger charge is -2.39. The molecule has 2 saturated carbocycles. The molecule has 0 saturated heterocycles. The van der Waals surface area contributed by atoms with Gasteiger partial charge in [0.05, 0.1) is 11.7 Å². The summed E-state index contributed by atoms with van der Waals surface area (Å²) in [5.74, 6) is 1.50. The molecule has 0 radical (unpaired) electrons. The normalized spacial score (nSPS) is 35.5. The fourth-order valence-corrected chi connectivity index (χ4v) is 4.67. The summed E-state index contributed by atoms with van der Waals surface area (Å²) in [6.07, 6.45) is 12.0. The van der Waals surface area contributed by atoms with Crippen LogP contribution in [0.3, 0.4) is 0 Å². The average molecular weight is 275 g/mol. The molecular weight excluding hydrogens is 246 g/mol. The van der Waals surface area contributed by atoms with Crippen molar-refractivity contribution in [3.05, 3.63) is 18.0 Å². The molecule has 0 bridgehead atoms. The Balaban J connectivity index is 1.67. The molecule has 0 spiro atoms. The predicted octanol–water partition coefficient (Wildman–Crippen LogP) is 3.69. The maximum atomic E-state index is 6.69. The van der Waals surface area contributed by atoms with Crippen LogP contribution in [0.5, 0.6) is 0 Å². The zero-order valence-corrected chi connectivity index (χ0v) is 13.0. The Kier molecular flexibility index (Phi) is 3.89. The van der Waals surface area contributed by atoms with Crippen LogP contribution >= 0.6 is 0 Å². The molecular formula is C17H29N3. The smallest absolute Gasteiger partial charge is 0.0643 e. The van der Waals surface area contributed by atoms with Crippen molar-refractivity contribution in [2.45, 2.75) is 76.8 Å². The molecule has 1 heterocycles. The van der Waals surface area contributed by atoms with Crippen LogP contribution in [-0.4, -0.2) is 15.3 Å². The van der Waals surface area contributed by atoms with E-state index in [0.717, 1.165) is 31.1 Å². The highest BCUT2D eigenvalue weighted by Gasteiger charge is 2.35. The van der Waals surface area contributed by atoms with Crippen molar-refractivity contribution in [3.63, 3.8) is 0 Å². The summed E-state index contributed by atoms with van der Waals surface area (Å²) in [5, 5.41) is 4.82. The van der Waals surface area contributed by atoms with Gasteiger partial charge in [-0.2, -0.15) is 5.10 Å². The van der Waals surface area contributed by atoms with E-state index >= 15 is 0 Å². The van der Waals surface area contributed by atoms with Crippen LogP contribution in [0.15, 0.2) is 12.3 Å². The SMILES string of the molecule is CC1CC(C)CC(N)(Cc2ccn(C3CCCC3)n2)C1. The average Bonchev–Trinajstić information content (AvgIpc) is 2.95. The van der Waals surface area contributed by atoms with Gasteiger partial charge in [0.1, 0.15) is 0 Å². The molecule has 0 aliphatic heterocycles. The number of hydrogen-bond donors (Lipinski definition) is 1. The zero-order valence-electron chi connectivity index (χ0n) is 13.0. The Hall–Kier alpha value is -0.830. The standard InChI is InChI=1S/C17H29N3/c1-13-9-14(2)11-17(18,10-13)12-15-7-8-20(19-15)16-5-3-4-6-16/h7-8,13-14,16H,3-6,9-12,18H2,1-2H3. The van der Waals surface area contributed by atoms with Crippen molar-refractivity contribution < 1.29 is 0 Å². The minimum Gasteiger partial charge on any atom is -0.325 e. The Morgan fingerprint density at radius 2 is 1.90 bits per heavy atom. The van der Waals surface area contributed by atoms with Gasteiger partial charge < -0.3 is 5.73 Å². The molecule has 2 unspecified atom stereocenters. The summed E-state index contributed by atoms with van der Waals surface area (Å²) in [7, 11) is 0. The molecule has 20 heavy (non-hydrogen) atoms. The third-order valence-corrected chi connectivity index (χ3v) is 5.21. The van der Waals surface area contributed by atoms with Crippen LogP contribution in [0.4, 0.5) is 0 Å². The molecule has 2 atom stereocenters. The Morgan fingerprint density at radius 3 is 2.55 bits per heavy atom. The van der Waals surface area contributed by atoms with Gasteiger partial charge in [0.2, 0.25) is 0 Å². The topological polar surface area (TPSA) is 43.8 Å². The lowest BCUT2D eigenvalue weighted by molar-refractivity contribution is 0.181. The van der Waals surface area contributed by atoms with E-state index in [0.29, 0.717) is 6.04 Å². The van der Waals surface area contributed by atoms with E-state index in [1.54, 1.807) is 0 Å². The van der Waals surface area contributed by atoms with Gasteiger partial charge in [0.15, 0.2) is 0 Å². The second-order valence-electron chi connectivity index (χ2n) is 7.62. The number of nitrogens with zero attached hydrogens (tertiary/aromatic N) is 2. The van der Waals surface area contributed by atoms with E-state index < -0.39 is 0 Å². The van der Waals surface area contributed by atoms with E-state index in [1.807, 2.05) is 0 Å². The Morgan fingerprint density at radius 1 is 1.25 bits per heavy atom. The third kappa shape index (κ3) is 3.08. The second-order valence-corrected chi connectivity index (χ2v) is 7.62. The first kappa shape index (κ1) is 14.1. The maximum Gasteiger partial charge on any atom is 0.0643 e. The monoisotopic (exact) mass is 275 g/mol. The van der Waals surface area contributed by atoms with Crippen molar-refractivity contribution in [1.29, 1.82) is 0 Å². The molecule has 1 aromatic rings. The lowest BCUT2D eigenvalue weighted by Crippen LogP contribution is -2.48. The molecule has 2 fully saturated rings. The van der Waals surface area contributed by atoms with Gasteiger partial charge in [0.25, 0.3) is 0 Å². The third-order valence-electron chi connectivity index (χ3n) is 5.21. The number of rotatable bonds is 3. The van der Waals surface area contributed by atoms with Crippen molar-refractivity contribution >= 4 is 0 Å². The largest absolute Gasteiger partial charge is 0.325 e. The molecule has 112 valence electrons. The van der Waals surface area contributed by atoms with Crippen LogP contribution in [-0.2, 0) is 6.42 Å². The molecule has 0 aromatic carbocycles. The van der Waals surface area contributed by atoms with Gasteiger partial charge in [-0.1, -0.05) is 26.7 Å². The van der Waals surface area contributed by atoms with Crippen LogP contribution in [0, 0.1) is 11.8 Å². The van der Waals surface area contributed by atoms with Gasteiger partial charge in [0, 0.05) is 18.2 Å². The first-order valence-electron chi connectivity index (χ1n) is 8.37. The van der Waals surface area contributed by atoms with E-state index in [9.17, 15) is 0 Å². The highest BCUT2D eigenvalue weighted by Crippen LogP contribution is 2.36. The lowest BCUT2D eigenvalue weighted by atomic mass is 9.70. The Bertz CT molecular complexity index is 435. The summed E-state index contributed by atoms with van der Waals surface area (Å²) in [5.41, 5.74) is 7.84. The molecule has 0 amide bonds. The van der Waals surface area contributed by atoms with Crippen molar-refractivity contribution in [1.82, 2.24) is 9.78 Å². The number of nitrogens with two attached hydrogens (primary N) is 1. The Labute approximate surface area is 122 Å². The van der Waals surface area contributed by atoms with Crippen molar-refractivity contribution in [2.75, 3.05) is 0 Å². The molecule has 3 nitrogen and oxygen atoms in total. The van der Waals surface area contributed by atoms with E-state index in [1.165, 1.54) is 37.8 Å². The van der Waals surface area contributed by atoms with Gasteiger partial charge in [-0.3, -0.25) is 4.68 Å². The predicted molar refractivity (Wildman–Crippen MR) is 82.5 cm³/mol. The molecule has 2 N–H and O–H groups in total. The van der Waals surface area contributed by atoms with Gasteiger partial charge >= 0.3 is 0 Å². The fourth-order valence-electron chi connectivity index (χ4n) is 4.67. The van der Waals surface area contributed by atoms with Gasteiger partial charge in [-0.25, -0.2) is 0 Å². The van der Waals surface area contributed by atoms with Crippen LogP contribution < -0.4 is 5.73 Å². The summed E-state index contributed by atoms with van der Waals surface area (Å²) >= 11 is 0. The molecule has 2 aliphatic rings. The van der Waals surface area contributed by atoms with E-state index in [4.69, 9.17) is 10.8 Å². The molecule has 3 heteroatoms. The zero-order chi connectivity index (χ0) is 14.2. The highest BCUT2D eigenvalue weighted by atomic mass is 15.3. The van der Waals surface area contributed by atoms with Gasteiger partial charge in [-0.05, 0) is 50.0 Å². The van der Waals surface area contributed by atoms with Crippen molar-refractivity contribution in [3.8, 4) is 0 Å². The highest BCUT2D eigenvalue weighted by molar-refractivity contribution is 5.08. The van der Waals surface area contributed by atoms with E-state index in [2.05, 4.69) is 30.8 Å². The minimum atomic E-state index is -0.0358.